The summed E-state index contributed by atoms with van der Waals surface area (Å²) < 4.78 is 6.39. The van der Waals surface area contributed by atoms with E-state index < -0.39 is 12.1 Å². The van der Waals surface area contributed by atoms with Gasteiger partial charge in [-0.05, 0) is 47.5 Å². The quantitative estimate of drug-likeness (QED) is 0.364. The number of nitrogens with zero attached hydrogens (tertiary/aromatic N) is 3. The predicted octanol–water partition coefficient (Wildman–Crippen LogP) is 2.93. The molecule has 1 aliphatic heterocycles. The fraction of sp³-hybridized carbons (Fsp3) is 0.261. The number of para-hydroxylation sites is 1. The van der Waals surface area contributed by atoms with Crippen LogP contribution in [0.3, 0.4) is 0 Å². The van der Waals surface area contributed by atoms with Gasteiger partial charge in [-0.2, -0.15) is 0 Å². The van der Waals surface area contributed by atoms with E-state index in [0.29, 0.717) is 33.2 Å². The normalized spacial score (nSPS) is 14.5. The number of aromatic nitrogens is 3. The monoisotopic (exact) mass is 451 g/mol. The fourth-order valence-electron chi connectivity index (χ4n) is 3.79. The number of aromatic amines is 1. The first-order valence-electron chi connectivity index (χ1n) is 10.2. The number of carbonyl (C=O) groups excluding carboxylic acids is 2. The van der Waals surface area contributed by atoms with Crippen molar-refractivity contribution in [1.82, 2.24) is 10.1 Å². The molecule has 2 heterocycles. The lowest BCUT2D eigenvalue weighted by Gasteiger charge is -2.31. The Morgan fingerprint density at radius 3 is 2.56 bits per heavy atom. The molecule has 8 nitrogen and oxygen atoms in total. The number of ether oxygens (including phenoxy) is 1. The number of rotatable bonds is 5. The second-order valence-electron chi connectivity index (χ2n) is 7.29. The van der Waals surface area contributed by atoms with E-state index in [1.807, 2.05) is 24.3 Å². The van der Waals surface area contributed by atoms with Crippen LogP contribution in [-0.4, -0.2) is 34.8 Å². The van der Waals surface area contributed by atoms with Crippen molar-refractivity contribution in [3.05, 3.63) is 70.0 Å². The summed E-state index contributed by atoms with van der Waals surface area (Å²) in [7, 11) is 1.32. The minimum atomic E-state index is -0.688. The zero-order chi connectivity index (χ0) is 22.8. The standard InChI is InChI=1S/C23H22N4O4S/c1-4-13-32-23-24-20(29)19-17-7-5-6-8-18(17)26(14(2)28)21(27(19)25-23)15-9-11-16(12-10-15)22(30)31-3/h5-12,21H,4,13H2,1-3H3/p+1/t21-/m1/s1. The molecule has 0 bridgehead atoms. The van der Waals surface area contributed by atoms with Gasteiger partial charge in [-0.3, -0.25) is 14.6 Å². The molecule has 3 aromatic rings. The molecular weight excluding hydrogens is 428 g/mol. The molecule has 164 valence electrons. The maximum absolute atomic E-state index is 13.2. The molecule has 1 N–H and O–H groups in total. The SMILES string of the molecule is CCCSc1n[n+]2c(c(=O)[nH]1)-c1ccccc1N(C(C)=O)[C@H]2c1ccc(C(=O)OC)cc1. The third-order valence-electron chi connectivity index (χ3n) is 5.17. The van der Waals surface area contributed by atoms with Crippen molar-refractivity contribution in [2.45, 2.75) is 31.6 Å². The number of methoxy groups -OCH3 is 1. The molecule has 0 aliphatic carbocycles. The molecular formula is C23H23N4O4S+. The van der Waals surface area contributed by atoms with Crippen molar-refractivity contribution in [1.29, 1.82) is 0 Å². The number of esters is 1. The van der Waals surface area contributed by atoms with Crippen LogP contribution >= 0.6 is 11.8 Å². The van der Waals surface area contributed by atoms with E-state index in [0.717, 1.165) is 12.2 Å². The molecule has 1 atom stereocenters. The highest BCUT2D eigenvalue weighted by Gasteiger charge is 2.44. The number of hydrogen-bond acceptors (Lipinski definition) is 6. The summed E-state index contributed by atoms with van der Waals surface area (Å²) in [5.74, 6) is 0.158. The maximum atomic E-state index is 13.2. The maximum Gasteiger partial charge on any atom is 0.337 e. The van der Waals surface area contributed by atoms with Crippen molar-refractivity contribution in [3.8, 4) is 11.3 Å². The van der Waals surface area contributed by atoms with E-state index in [1.54, 1.807) is 33.8 Å². The minimum absolute atomic E-state index is 0.192. The van der Waals surface area contributed by atoms with Crippen molar-refractivity contribution < 1.29 is 19.0 Å². The van der Waals surface area contributed by atoms with Gasteiger partial charge in [-0.1, -0.05) is 30.8 Å². The van der Waals surface area contributed by atoms with Crippen molar-refractivity contribution >= 4 is 29.3 Å². The molecule has 9 heteroatoms. The van der Waals surface area contributed by atoms with Gasteiger partial charge >= 0.3 is 17.2 Å². The molecule has 1 aliphatic rings. The molecule has 0 saturated carbocycles. The molecule has 0 saturated heterocycles. The molecule has 0 unspecified atom stereocenters. The Labute approximate surface area is 189 Å². The lowest BCUT2D eigenvalue weighted by Crippen LogP contribution is -2.60. The highest BCUT2D eigenvalue weighted by molar-refractivity contribution is 7.99. The van der Waals surface area contributed by atoms with Gasteiger partial charge in [0.25, 0.3) is 6.17 Å². The van der Waals surface area contributed by atoms with Crippen LogP contribution in [0.5, 0.6) is 0 Å². The van der Waals surface area contributed by atoms with E-state index in [2.05, 4.69) is 11.9 Å². The molecule has 2 aromatic carbocycles. The van der Waals surface area contributed by atoms with E-state index >= 15 is 0 Å². The van der Waals surface area contributed by atoms with Crippen LogP contribution in [0.2, 0.25) is 0 Å². The first kappa shape index (κ1) is 21.8. The van der Waals surface area contributed by atoms with Crippen molar-refractivity contribution in [2.75, 3.05) is 17.8 Å². The second-order valence-corrected chi connectivity index (χ2v) is 8.38. The van der Waals surface area contributed by atoms with Crippen molar-refractivity contribution in [2.24, 2.45) is 0 Å². The zero-order valence-electron chi connectivity index (χ0n) is 18.0. The third kappa shape index (κ3) is 3.80. The number of thioether (sulfide) groups is 1. The van der Waals surface area contributed by atoms with Gasteiger partial charge in [0.1, 0.15) is 0 Å². The van der Waals surface area contributed by atoms with Crippen LogP contribution in [0.25, 0.3) is 11.3 Å². The van der Waals surface area contributed by atoms with Crippen molar-refractivity contribution in [3.63, 3.8) is 0 Å². The van der Waals surface area contributed by atoms with E-state index in [9.17, 15) is 14.4 Å². The van der Waals surface area contributed by atoms with Crippen LogP contribution in [0, 0.1) is 0 Å². The third-order valence-corrected chi connectivity index (χ3v) is 6.24. The molecule has 1 aromatic heterocycles. The Morgan fingerprint density at radius 1 is 1.19 bits per heavy atom. The Kier molecular flexibility index (Phi) is 6.09. The Hall–Kier alpha value is -3.46. The lowest BCUT2D eigenvalue weighted by molar-refractivity contribution is -0.763. The summed E-state index contributed by atoms with van der Waals surface area (Å²) in [5.41, 5.74) is 2.46. The van der Waals surface area contributed by atoms with Gasteiger partial charge in [-0.25, -0.2) is 9.69 Å². The fourth-order valence-corrected chi connectivity index (χ4v) is 4.49. The van der Waals surface area contributed by atoms with Crippen LogP contribution < -0.4 is 15.1 Å². The van der Waals surface area contributed by atoms with Crippen LogP contribution in [0.1, 0.15) is 42.4 Å². The Bertz CT molecular complexity index is 1240. The van der Waals surface area contributed by atoms with Crippen LogP contribution in [-0.2, 0) is 9.53 Å². The minimum Gasteiger partial charge on any atom is -0.465 e. The predicted molar refractivity (Wildman–Crippen MR) is 121 cm³/mol. The summed E-state index contributed by atoms with van der Waals surface area (Å²) in [6, 6.07) is 14.1. The number of hydrogen-bond donors (Lipinski definition) is 1. The van der Waals surface area contributed by atoms with Gasteiger partial charge in [0, 0.05) is 23.3 Å². The van der Waals surface area contributed by atoms with Gasteiger partial charge in [0.05, 0.1) is 23.9 Å². The number of anilines is 1. The molecule has 0 spiro atoms. The molecule has 4 rings (SSSR count). The van der Waals surface area contributed by atoms with E-state index in [1.165, 1.54) is 25.8 Å². The molecule has 0 radical (unpaired) electrons. The topological polar surface area (TPSA) is 96.2 Å². The summed E-state index contributed by atoms with van der Waals surface area (Å²) in [5, 5.41) is 5.20. The van der Waals surface area contributed by atoms with Crippen LogP contribution in [0.15, 0.2) is 58.5 Å². The number of nitrogens with one attached hydrogen (secondary N) is 1. The average Bonchev–Trinajstić information content (AvgIpc) is 2.81. The number of amides is 1. The molecule has 32 heavy (non-hydrogen) atoms. The Morgan fingerprint density at radius 2 is 1.91 bits per heavy atom. The highest BCUT2D eigenvalue weighted by atomic mass is 32.2. The second kappa shape index (κ2) is 8.96. The number of benzene rings is 2. The summed E-state index contributed by atoms with van der Waals surface area (Å²) in [6.07, 6.45) is 0.240. The van der Waals surface area contributed by atoms with Crippen LogP contribution in [0.4, 0.5) is 5.69 Å². The van der Waals surface area contributed by atoms with Gasteiger partial charge in [-0.15, -0.1) is 0 Å². The van der Waals surface area contributed by atoms with Gasteiger partial charge in [0.15, 0.2) is 0 Å². The molecule has 0 fully saturated rings. The number of carbonyl (C=O) groups is 2. The highest BCUT2D eigenvalue weighted by Crippen LogP contribution is 2.37. The summed E-state index contributed by atoms with van der Waals surface area (Å²) in [4.78, 5) is 42.4. The zero-order valence-corrected chi connectivity index (χ0v) is 18.8. The van der Waals surface area contributed by atoms with Gasteiger partial charge < -0.3 is 4.74 Å². The number of fused-ring (bicyclic) bond motifs is 3. The lowest BCUT2D eigenvalue weighted by atomic mass is 10.0. The summed E-state index contributed by atoms with van der Waals surface area (Å²) >= 11 is 1.45. The number of H-pyrrole nitrogens is 1. The summed E-state index contributed by atoms with van der Waals surface area (Å²) in [6.45, 7) is 3.54. The average molecular weight is 452 g/mol. The van der Waals surface area contributed by atoms with E-state index in [4.69, 9.17) is 9.84 Å². The molecule has 1 amide bonds. The first-order chi connectivity index (χ1) is 15.5. The largest absolute Gasteiger partial charge is 0.465 e. The first-order valence-corrected chi connectivity index (χ1v) is 11.2. The van der Waals surface area contributed by atoms with Gasteiger partial charge in [0.2, 0.25) is 11.1 Å². The van der Waals surface area contributed by atoms with E-state index in [-0.39, 0.29) is 11.5 Å². The smallest absolute Gasteiger partial charge is 0.337 e. The Balaban J connectivity index is 1.96.